The zero-order valence-electron chi connectivity index (χ0n) is 10.4. The van der Waals surface area contributed by atoms with Crippen LogP contribution in [0.4, 0.5) is 0 Å². The van der Waals surface area contributed by atoms with Crippen LogP contribution >= 0.6 is 27.3 Å². The largest absolute Gasteiger partial charge is 0.396 e. The Labute approximate surface area is 125 Å². The number of rotatable bonds is 5. The van der Waals surface area contributed by atoms with E-state index < -0.39 is 15.3 Å². The fourth-order valence-electron chi connectivity index (χ4n) is 2.64. The van der Waals surface area contributed by atoms with E-state index in [0.29, 0.717) is 12.8 Å². The molecule has 0 aliphatic carbocycles. The topological polar surface area (TPSA) is 74.6 Å². The Morgan fingerprint density at radius 2 is 2.11 bits per heavy atom. The Kier molecular flexibility index (Phi) is 4.72. The minimum atomic E-state index is -3.01. The van der Waals surface area contributed by atoms with Gasteiger partial charge in [-0.2, -0.15) is 0 Å². The van der Waals surface area contributed by atoms with Gasteiger partial charge in [-0.05, 0) is 40.8 Å². The highest BCUT2D eigenvalue weighted by Crippen LogP contribution is 2.39. The second kappa shape index (κ2) is 5.81. The first-order chi connectivity index (χ1) is 8.91. The first-order valence-corrected chi connectivity index (χ1v) is 9.55. The third kappa shape index (κ3) is 3.39. The van der Waals surface area contributed by atoms with Crippen molar-refractivity contribution < 1.29 is 18.6 Å². The van der Waals surface area contributed by atoms with Crippen molar-refractivity contribution in [2.75, 3.05) is 24.7 Å². The monoisotopic (exact) mass is 368 g/mol. The van der Waals surface area contributed by atoms with Crippen molar-refractivity contribution in [3.8, 4) is 0 Å². The van der Waals surface area contributed by atoms with E-state index in [1.165, 1.54) is 0 Å². The van der Waals surface area contributed by atoms with Gasteiger partial charge in [0.1, 0.15) is 0 Å². The van der Waals surface area contributed by atoms with Gasteiger partial charge in [-0.25, -0.2) is 8.42 Å². The first kappa shape index (κ1) is 15.4. The van der Waals surface area contributed by atoms with E-state index in [2.05, 4.69) is 15.9 Å². The summed E-state index contributed by atoms with van der Waals surface area (Å²) in [6.45, 7) is -0.390. The van der Waals surface area contributed by atoms with Crippen LogP contribution in [0.3, 0.4) is 0 Å². The SMILES string of the molecule is O=S1(=O)CCC(C(CO)(CO)Cc2cc(Br)cs2)C1. The number of hydrogen-bond acceptors (Lipinski definition) is 5. The van der Waals surface area contributed by atoms with Gasteiger partial charge in [0, 0.05) is 20.1 Å². The molecular weight excluding hydrogens is 352 g/mol. The number of aliphatic hydroxyl groups is 2. The molecule has 0 aromatic carbocycles. The predicted molar refractivity (Wildman–Crippen MR) is 79.1 cm³/mol. The zero-order chi connectivity index (χ0) is 14.1. The van der Waals surface area contributed by atoms with Crippen LogP contribution in [0.25, 0.3) is 0 Å². The molecule has 1 aliphatic rings. The molecule has 0 spiro atoms. The second-order valence-corrected chi connectivity index (χ2v) is 9.33. The van der Waals surface area contributed by atoms with E-state index in [1.807, 2.05) is 11.4 Å². The van der Waals surface area contributed by atoms with Crippen molar-refractivity contribution in [2.24, 2.45) is 11.3 Å². The number of thiophene rings is 1. The number of aliphatic hydroxyl groups excluding tert-OH is 2. The Balaban J connectivity index is 2.22. The molecule has 2 rings (SSSR count). The summed E-state index contributed by atoms with van der Waals surface area (Å²) in [6, 6.07) is 1.95. The average molecular weight is 369 g/mol. The summed E-state index contributed by atoms with van der Waals surface area (Å²) in [4.78, 5) is 1.04. The van der Waals surface area contributed by atoms with E-state index >= 15 is 0 Å². The molecule has 0 saturated carbocycles. The van der Waals surface area contributed by atoms with E-state index in [0.717, 1.165) is 9.35 Å². The molecule has 1 atom stereocenters. The van der Waals surface area contributed by atoms with Crippen LogP contribution in [0.2, 0.25) is 0 Å². The lowest BCUT2D eigenvalue weighted by Crippen LogP contribution is -2.40. The normalized spacial score (nSPS) is 22.8. The molecule has 1 saturated heterocycles. The second-order valence-electron chi connectivity index (χ2n) is 5.19. The molecular formula is C12H17BrO4S2. The Morgan fingerprint density at radius 1 is 1.42 bits per heavy atom. The molecule has 7 heteroatoms. The Hall–Kier alpha value is 0.0500. The highest BCUT2D eigenvalue weighted by atomic mass is 79.9. The van der Waals surface area contributed by atoms with E-state index in [4.69, 9.17) is 0 Å². The van der Waals surface area contributed by atoms with Gasteiger partial charge in [0.05, 0.1) is 24.7 Å². The lowest BCUT2D eigenvalue weighted by molar-refractivity contribution is 0.0131. The molecule has 108 valence electrons. The number of hydrogen-bond donors (Lipinski definition) is 2. The fraction of sp³-hybridized carbons (Fsp3) is 0.667. The van der Waals surface area contributed by atoms with E-state index in [-0.39, 0.29) is 30.6 Å². The van der Waals surface area contributed by atoms with Gasteiger partial charge in [-0.1, -0.05) is 0 Å². The van der Waals surface area contributed by atoms with Crippen LogP contribution in [0.1, 0.15) is 11.3 Å². The summed E-state index contributed by atoms with van der Waals surface area (Å²) >= 11 is 4.92. The summed E-state index contributed by atoms with van der Waals surface area (Å²) in [5, 5.41) is 21.4. The van der Waals surface area contributed by atoms with Gasteiger partial charge in [0.2, 0.25) is 0 Å². The third-order valence-electron chi connectivity index (χ3n) is 3.88. The highest BCUT2D eigenvalue weighted by molar-refractivity contribution is 9.10. The molecule has 1 aromatic rings. The highest BCUT2D eigenvalue weighted by Gasteiger charge is 2.44. The molecule has 0 amide bonds. The molecule has 0 radical (unpaired) electrons. The summed E-state index contributed by atoms with van der Waals surface area (Å²) in [6.07, 6.45) is 1.03. The summed E-state index contributed by atoms with van der Waals surface area (Å²) in [5.74, 6) is 0.0576. The molecule has 1 aliphatic heterocycles. The molecule has 4 nitrogen and oxygen atoms in total. The van der Waals surface area contributed by atoms with Crippen molar-refractivity contribution in [3.05, 3.63) is 20.8 Å². The molecule has 2 heterocycles. The lowest BCUT2D eigenvalue weighted by atomic mass is 9.73. The molecule has 0 bridgehead atoms. The van der Waals surface area contributed by atoms with Crippen LogP contribution in [0, 0.1) is 11.3 Å². The maximum atomic E-state index is 11.6. The first-order valence-electron chi connectivity index (χ1n) is 6.06. The van der Waals surface area contributed by atoms with Crippen LogP contribution in [0.5, 0.6) is 0 Å². The van der Waals surface area contributed by atoms with Crippen molar-refractivity contribution >= 4 is 37.1 Å². The standard InChI is InChI=1S/C12H17BrO4S2/c13-10-3-11(18-5-10)4-12(7-14,8-15)9-1-2-19(16,17)6-9/h3,5,9,14-15H,1-2,4,6-8H2. The third-order valence-corrected chi connectivity index (χ3v) is 7.34. The lowest BCUT2D eigenvalue weighted by Gasteiger charge is -2.35. The molecule has 19 heavy (non-hydrogen) atoms. The summed E-state index contributed by atoms with van der Waals surface area (Å²) < 4.78 is 24.2. The van der Waals surface area contributed by atoms with Gasteiger partial charge in [0.15, 0.2) is 9.84 Å². The van der Waals surface area contributed by atoms with Crippen LogP contribution in [0.15, 0.2) is 15.9 Å². The van der Waals surface area contributed by atoms with Crippen molar-refractivity contribution in [1.29, 1.82) is 0 Å². The van der Waals surface area contributed by atoms with Crippen LogP contribution in [-0.2, 0) is 16.3 Å². The smallest absolute Gasteiger partial charge is 0.150 e. The van der Waals surface area contributed by atoms with Crippen LogP contribution < -0.4 is 0 Å². The van der Waals surface area contributed by atoms with Gasteiger partial charge in [-0.3, -0.25) is 0 Å². The molecule has 1 fully saturated rings. The van der Waals surface area contributed by atoms with Gasteiger partial charge < -0.3 is 10.2 Å². The van der Waals surface area contributed by atoms with Gasteiger partial charge >= 0.3 is 0 Å². The number of halogens is 1. The quantitative estimate of drug-likeness (QED) is 0.824. The fourth-order valence-corrected chi connectivity index (χ4v) is 6.19. The van der Waals surface area contributed by atoms with E-state index in [1.54, 1.807) is 11.3 Å². The Bertz CT molecular complexity index is 534. The summed E-state index contributed by atoms with van der Waals surface area (Å²) in [5.41, 5.74) is -0.742. The predicted octanol–water partition coefficient (Wildman–Crippen LogP) is 1.46. The molecule has 1 unspecified atom stereocenters. The van der Waals surface area contributed by atoms with Crippen LogP contribution in [-0.4, -0.2) is 43.4 Å². The average Bonchev–Trinajstić information content (AvgIpc) is 2.92. The Morgan fingerprint density at radius 3 is 2.53 bits per heavy atom. The zero-order valence-corrected chi connectivity index (χ0v) is 13.6. The minimum absolute atomic E-state index is 0.0701. The van der Waals surface area contributed by atoms with Crippen molar-refractivity contribution in [1.82, 2.24) is 0 Å². The van der Waals surface area contributed by atoms with Gasteiger partial charge in [-0.15, -0.1) is 11.3 Å². The van der Waals surface area contributed by atoms with E-state index in [9.17, 15) is 18.6 Å². The molecule has 1 aromatic heterocycles. The summed E-state index contributed by atoms with van der Waals surface area (Å²) in [7, 11) is -3.01. The number of sulfone groups is 1. The minimum Gasteiger partial charge on any atom is -0.396 e. The van der Waals surface area contributed by atoms with Gasteiger partial charge in [0.25, 0.3) is 0 Å². The van der Waals surface area contributed by atoms with Crippen molar-refractivity contribution in [3.63, 3.8) is 0 Å². The molecule has 2 N–H and O–H groups in total. The maximum Gasteiger partial charge on any atom is 0.150 e. The van der Waals surface area contributed by atoms with Crippen molar-refractivity contribution in [2.45, 2.75) is 12.8 Å². The maximum absolute atomic E-state index is 11.6.